The van der Waals surface area contributed by atoms with Gasteiger partial charge in [-0.05, 0) is 42.8 Å². The molecule has 0 fully saturated rings. The number of benzene rings is 1. The van der Waals surface area contributed by atoms with E-state index in [2.05, 4.69) is 15.9 Å². The maximum absolute atomic E-state index is 13.5. The van der Waals surface area contributed by atoms with E-state index in [0.29, 0.717) is 9.35 Å². The maximum Gasteiger partial charge on any atom is 0.331 e. The first-order valence-corrected chi connectivity index (χ1v) is 8.52. The Morgan fingerprint density at radius 1 is 1.30 bits per heavy atom. The summed E-state index contributed by atoms with van der Waals surface area (Å²) < 4.78 is 19.1. The van der Waals surface area contributed by atoms with Crippen molar-refractivity contribution in [3.63, 3.8) is 0 Å². The molecule has 0 unspecified atom stereocenters. The fourth-order valence-corrected chi connectivity index (χ4v) is 3.02. The number of halogens is 2. The van der Waals surface area contributed by atoms with Crippen LogP contribution in [0.25, 0.3) is 6.08 Å². The summed E-state index contributed by atoms with van der Waals surface area (Å²) in [5.74, 6) is -1.38. The zero-order valence-electron chi connectivity index (χ0n) is 12.3. The Kier molecular flexibility index (Phi) is 6.24. The Morgan fingerprint density at radius 3 is 2.78 bits per heavy atom. The average molecular weight is 397 g/mol. The largest absolute Gasteiger partial charge is 0.454 e. The Hall–Kier alpha value is -1.79. The van der Waals surface area contributed by atoms with Gasteiger partial charge in [-0.15, -0.1) is 11.3 Å². The van der Waals surface area contributed by atoms with Crippen molar-refractivity contribution >= 4 is 45.1 Å². The Morgan fingerprint density at radius 2 is 2.09 bits per heavy atom. The SMILES string of the molecule is CCc1ccc(C(=O)COC(=O)/C=C/c2cc(Br)ccc2F)s1. The number of Topliss-reactive ketones (excluding diaryl/α,β-unsaturated/α-hetero) is 1. The molecule has 0 amide bonds. The van der Waals surface area contributed by atoms with E-state index < -0.39 is 11.8 Å². The highest BCUT2D eigenvalue weighted by molar-refractivity contribution is 9.10. The van der Waals surface area contributed by atoms with E-state index in [9.17, 15) is 14.0 Å². The second-order valence-corrected chi connectivity index (χ2v) is 6.73. The molecule has 0 bridgehead atoms. The molecule has 0 saturated heterocycles. The third kappa shape index (κ3) is 5.11. The van der Waals surface area contributed by atoms with E-state index in [1.807, 2.05) is 13.0 Å². The summed E-state index contributed by atoms with van der Waals surface area (Å²) in [6, 6.07) is 8.01. The molecule has 1 aromatic carbocycles. The van der Waals surface area contributed by atoms with Gasteiger partial charge in [0, 0.05) is 21.0 Å². The van der Waals surface area contributed by atoms with Gasteiger partial charge >= 0.3 is 5.97 Å². The monoisotopic (exact) mass is 396 g/mol. The highest BCUT2D eigenvalue weighted by Crippen LogP contribution is 2.18. The molecule has 2 rings (SSSR count). The van der Waals surface area contributed by atoms with Crippen molar-refractivity contribution in [3.8, 4) is 0 Å². The molecule has 0 spiro atoms. The predicted molar refractivity (Wildman–Crippen MR) is 92.1 cm³/mol. The number of thiophene rings is 1. The summed E-state index contributed by atoms with van der Waals surface area (Å²) >= 11 is 4.62. The molecule has 120 valence electrons. The highest BCUT2D eigenvalue weighted by Gasteiger charge is 2.11. The Balaban J connectivity index is 1.90. The molecule has 3 nitrogen and oxygen atoms in total. The molecule has 0 N–H and O–H groups in total. The summed E-state index contributed by atoms with van der Waals surface area (Å²) in [5, 5.41) is 0. The number of carbonyl (C=O) groups is 2. The van der Waals surface area contributed by atoms with Crippen LogP contribution in [0.3, 0.4) is 0 Å². The van der Waals surface area contributed by atoms with Crippen LogP contribution < -0.4 is 0 Å². The minimum Gasteiger partial charge on any atom is -0.454 e. The molecule has 1 aromatic heterocycles. The Bertz CT molecular complexity index is 752. The van der Waals surface area contributed by atoms with Crippen molar-refractivity contribution in [3.05, 3.63) is 62.0 Å². The number of hydrogen-bond acceptors (Lipinski definition) is 4. The number of aryl methyl sites for hydroxylation is 1. The highest BCUT2D eigenvalue weighted by atomic mass is 79.9. The van der Waals surface area contributed by atoms with E-state index in [0.717, 1.165) is 17.4 Å². The lowest BCUT2D eigenvalue weighted by Crippen LogP contribution is -2.11. The molecule has 2 aromatic rings. The van der Waals surface area contributed by atoms with Gasteiger partial charge in [0.2, 0.25) is 5.78 Å². The molecule has 0 aliphatic carbocycles. The lowest BCUT2D eigenvalue weighted by molar-refractivity contribution is -0.136. The number of carbonyl (C=O) groups excluding carboxylic acids is 2. The van der Waals surface area contributed by atoms with Gasteiger partial charge in [0.1, 0.15) is 5.82 Å². The number of hydrogen-bond donors (Lipinski definition) is 0. The van der Waals surface area contributed by atoms with Crippen LogP contribution >= 0.6 is 27.3 Å². The molecular formula is C17H14BrFO3S. The van der Waals surface area contributed by atoms with Gasteiger partial charge in [-0.1, -0.05) is 22.9 Å². The topological polar surface area (TPSA) is 43.4 Å². The van der Waals surface area contributed by atoms with Gasteiger partial charge < -0.3 is 4.74 Å². The summed E-state index contributed by atoms with van der Waals surface area (Å²) in [4.78, 5) is 25.2. The number of rotatable bonds is 6. The molecular weight excluding hydrogens is 383 g/mol. The number of ketones is 1. The van der Waals surface area contributed by atoms with Crippen molar-refractivity contribution in [2.75, 3.05) is 6.61 Å². The van der Waals surface area contributed by atoms with Gasteiger partial charge in [0.15, 0.2) is 6.61 Å². The molecule has 0 saturated carbocycles. The molecule has 0 aliphatic rings. The molecule has 0 aliphatic heterocycles. The van der Waals surface area contributed by atoms with Crippen molar-refractivity contribution in [1.82, 2.24) is 0 Å². The van der Waals surface area contributed by atoms with E-state index in [1.165, 1.54) is 23.5 Å². The summed E-state index contributed by atoms with van der Waals surface area (Å²) in [5.41, 5.74) is 0.258. The van der Waals surface area contributed by atoms with Crippen LogP contribution in [0.4, 0.5) is 4.39 Å². The molecule has 23 heavy (non-hydrogen) atoms. The zero-order chi connectivity index (χ0) is 16.8. The van der Waals surface area contributed by atoms with Crippen LogP contribution in [0, 0.1) is 5.82 Å². The number of esters is 1. The molecule has 1 heterocycles. The van der Waals surface area contributed by atoms with Gasteiger partial charge in [0.25, 0.3) is 0 Å². The van der Waals surface area contributed by atoms with Crippen molar-refractivity contribution < 1.29 is 18.7 Å². The first-order valence-electron chi connectivity index (χ1n) is 6.91. The Labute approximate surface area is 145 Å². The normalized spacial score (nSPS) is 10.9. The summed E-state index contributed by atoms with van der Waals surface area (Å²) in [6.45, 7) is 1.68. The van der Waals surface area contributed by atoms with Gasteiger partial charge in [-0.3, -0.25) is 4.79 Å². The van der Waals surface area contributed by atoms with Gasteiger partial charge in [0.05, 0.1) is 4.88 Å². The van der Waals surface area contributed by atoms with E-state index in [1.54, 1.807) is 18.2 Å². The minimum atomic E-state index is -0.690. The van der Waals surface area contributed by atoms with Gasteiger partial charge in [-0.2, -0.15) is 0 Å². The van der Waals surface area contributed by atoms with Crippen LogP contribution in [-0.4, -0.2) is 18.4 Å². The van der Waals surface area contributed by atoms with E-state index >= 15 is 0 Å². The van der Waals surface area contributed by atoms with Crippen LogP contribution in [0.1, 0.15) is 27.0 Å². The molecule has 0 radical (unpaired) electrons. The van der Waals surface area contributed by atoms with Crippen molar-refractivity contribution in [2.45, 2.75) is 13.3 Å². The third-order valence-electron chi connectivity index (χ3n) is 2.99. The number of ether oxygens (including phenoxy) is 1. The zero-order valence-corrected chi connectivity index (χ0v) is 14.7. The van der Waals surface area contributed by atoms with Crippen molar-refractivity contribution in [1.29, 1.82) is 0 Å². The smallest absolute Gasteiger partial charge is 0.331 e. The third-order valence-corrected chi connectivity index (χ3v) is 4.75. The second-order valence-electron chi connectivity index (χ2n) is 4.65. The average Bonchev–Trinajstić information content (AvgIpc) is 3.02. The first kappa shape index (κ1) is 17.6. The lowest BCUT2D eigenvalue weighted by Gasteiger charge is -2.00. The first-order chi connectivity index (χ1) is 11.0. The predicted octanol–water partition coefficient (Wildman–Crippen LogP) is 4.65. The van der Waals surface area contributed by atoms with Crippen molar-refractivity contribution in [2.24, 2.45) is 0 Å². The van der Waals surface area contributed by atoms with E-state index in [4.69, 9.17) is 4.74 Å². The van der Waals surface area contributed by atoms with Crippen LogP contribution in [0.2, 0.25) is 0 Å². The summed E-state index contributed by atoms with van der Waals surface area (Å²) in [7, 11) is 0. The van der Waals surface area contributed by atoms with Crippen LogP contribution in [0.15, 0.2) is 40.9 Å². The molecule has 6 heteroatoms. The quantitative estimate of drug-likeness (QED) is 0.405. The van der Waals surface area contributed by atoms with Crippen LogP contribution in [-0.2, 0) is 16.0 Å². The standard InChI is InChI=1S/C17H14BrFO3S/c1-2-13-5-7-16(23-13)15(20)10-22-17(21)8-3-11-9-12(18)4-6-14(11)19/h3-9H,2,10H2,1H3/b8-3+. The fraction of sp³-hybridized carbons (Fsp3) is 0.176. The minimum absolute atomic E-state index is 0.245. The van der Waals surface area contributed by atoms with Crippen LogP contribution in [0.5, 0.6) is 0 Å². The summed E-state index contributed by atoms with van der Waals surface area (Å²) in [6.07, 6.45) is 3.27. The molecule has 0 atom stereocenters. The van der Waals surface area contributed by atoms with Gasteiger partial charge in [-0.25, -0.2) is 9.18 Å². The van der Waals surface area contributed by atoms with E-state index in [-0.39, 0.29) is 18.0 Å². The second kappa shape index (κ2) is 8.17. The lowest BCUT2D eigenvalue weighted by atomic mass is 10.2. The fourth-order valence-electron chi connectivity index (χ4n) is 1.77. The maximum atomic E-state index is 13.5.